The average Bonchev–Trinajstić information content (AvgIpc) is 2.29. The Hall–Kier alpha value is -0.120. The van der Waals surface area contributed by atoms with Crippen LogP contribution in [0.2, 0.25) is 0 Å². The average molecular weight is 228 g/mol. The van der Waals surface area contributed by atoms with Crippen LogP contribution in [-0.2, 0) is 4.74 Å². The predicted octanol–water partition coefficient (Wildman–Crippen LogP) is 1.72. The summed E-state index contributed by atoms with van der Waals surface area (Å²) in [6.45, 7) is 7.33. The molecule has 0 aliphatic carbocycles. The summed E-state index contributed by atoms with van der Waals surface area (Å²) in [5.41, 5.74) is 5.79. The second kappa shape index (κ2) is 8.04. The Morgan fingerprint density at radius 2 is 2.06 bits per heavy atom. The van der Waals surface area contributed by atoms with Crippen molar-refractivity contribution in [3.05, 3.63) is 0 Å². The molecule has 3 nitrogen and oxygen atoms in total. The highest BCUT2D eigenvalue weighted by Gasteiger charge is 2.17. The van der Waals surface area contributed by atoms with Gasteiger partial charge in [-0.25, -0.2) is 0 Å². The van der Waals surface area contributed by atoms with Crippen LogP contribution in [-0.4, -0.2) is 44.8 Å². The van der Waals surface area contributed by atoms with Gasteiger partial charge in [0, 0.05) is 26.3 Å². The van der Waals surface area contributed by atoms with Gasteiger partial charge in [-0.1, -0.05) is 13.3 Å². The van der Waals surface area contributed by atoms with Gasteiger partial charge in [-0.05, 0) is 44.7 Å². The first-order chi connectivity index (χ1) is 7.76. The van der Waals surface area contributed by atoms with E-state index in [-0.39, 0.29) is 0 Å². The molecule has 1 rings (SSSR count). The quantitative estimate of drug-likeness (QED) is 0.721. The smallest absolute Gasteiger partial charge is 0.0469 e. The number of rotatable bonds is 7. The molecular weight excluding hydrogens is 200 g/mol. The normalized spacial score (nSPS) is 20.2. The van der Waals surface area contributed by atoms with Gasteiger partial charge >= 0.3 is 0 Å². The van der Waals surface area contributed by atoms with Gasteiger partial charge in [-0.3, -0.25) is 0 Å². The molecule has 1 saturated heterocycles. The first kappa shape index (κ1) is 13.9. The highest BCUT2D eigenvalue weighted by Crippen LogP contribution is 2.16. The van der Waals surface area contributed by atoms with Gasteiger partial charge < -0.3 is 15.4 Å². The van der Waals surface area contributed by atoms with Crippen molar-refractivity contribution in [3.8, 4) is 0 Å². The molecule has 0 aromatic rings. The SMILES string of the molecule is CCCC(CN)CN(C)CC1CCOCC1. The van der Waals surface area contributed by atoms with Crippen molar-refractivity contribution < 1.29 is 4.74 Å². The highest BCUT2D eigenvalue weighted by molar-refractivity contribution is 4.70. The van der Waals surface area contributed by atoms with Crippen molar-refractivity contribution in [2.45, 2.75) is 32.6 Å². The largest absolute Gasteiger partial charge is 0.381 e. The topological polar surface area (TPSA) is 38.5 Å². The van der Waals surface area contributed by atoms with Crippen LogP contribution in [0.25, 0.3) is 0 Å². The van der Waals surface area contributed by atoms with Crippen LogP contribution in [0.3, 0.4) is 0 Å². The molecule has 16 heavy (non-hydrogen) atoms. The van der Waals surface area contributed by atoms with Gasteiger partial charge in [0.15, 0.2) is 0 Å². The van der Waals surface area contributed by atoms with Gasteiger partial charge in [0.05, 0.1) is 0 Å². The Balaban J connectivity index is 2.19. The zero-order valence-electron chi connectivity index (χ0n) is 11.0. The summed E-state index contributed by atoms with van der Waals surface area (Å²) in [4.78, 5) is 2.46. The van der Waals surface area contributed by atoms with E-state index in [2.05, 4.69) is 18.9 Å². The summed E-state index contributed by atoms with van der Waals surface area (Å²) in [6.07, 6.45) is 4.96. The Kier molecular flexibility index (Phi) is 7.01. The van der Waals surface area contributed by atoms with Gasteiger partial charge in [0.25, 0.3) is 0 Å². The minimum absolute atomic E-state index is 0.676. The van der Waals surface area contributed by atoms with Crippen molar-refractivity contribution in [1.29, 1.82) is 0 Å². The molecule has 1 fully saturated rings. The maximum absolute atomic E-state index is 5.79. The zero-order valence-corrected chi connectivity index (χ0v) is 11.0. The molecule has 0 spiro atoms. The van der Waals surface area contributed by atoms with Crippen LogP contribution in [0, 0.1) is 11.8 Å². The zero-order chi connectivity index (χ0) is 11.8. The Morgan fingerprint density at radius 1 is 1.38 bits per heavy atom. The van der Waals surface area contributed by atoms with Crippen molar-refractivity contribution in [2.24, 2.45) is 17.6 Å². The minimum Gasteiger partial charge on any atom is -0.381 e. The lowest BCUT2D eigenvalue weighted by atomic mass is 9.98. The third-order valence-electron chi connectivity index (χ3n) is 3.51. The molecule has 0 bridgehead atoms. The van der Waals surface area contributed by atoms with Gasteiger partial charge in [0.2, 0.25) is 0 Å². The lowest BCUT2D eigenvalue weighted by molar-refractivity contribution is 0.0540. The summed E-state index contributed by atoms with van der Waals surface area (Å²) in [7, 11) is 2.23. The third kappa shape index (κ3) is 5.28. The minimum atomic E-state index is 0.676. The van der Waals surface area contributed by atoms with Crippen molar-refractivity contribution in [3.63, 3.8) is 0 Å². The number of hydrogen-bond acceptors (Lipinski definition) is 3. The maximum atomic E-state index is 5.79. The summed E-state index contributed by atoms with van der Waals surface area (Å²) >= 11 is 0. The highest BCUT2D eigenvalue weighted by atomic mass is 16.5. The monoisotopic (exact) mass is 228 g/mol. The lowest BCUT2D eigenvalue weighted by Crippen LogP contribution is -2.35. The number of nitrogens with zero attached hydrogens (tertiary/aromatic N) is 1. The van der Waals surface area contributed by atoms with E-state index >= 15 is 0 Å². The van der Waals surface area contributed by atoms with E-state index in [0.29, 0.717) is 5.92 Å². The van der Waals surface area contributed by atoms with Crippen LogP contribution in [0.15, 0.2) is 0 Å². The lowest BCUT2D eigenvalue weighted by Gasteiger charge is -2.29. The second-order valence-corrected chi connectivity index (χ2v) is 5.17. The Labute approximate surface area is 100 Å². The molecule has 2 N–H and O–H groups in total. The summed E-state index contributed by atoms with van der Waals surface area (Å²) < 4.78 is 5.38. The second-order valence-electron chi connectivity index (χ2n) is 5.17. The molecule has 1 atom stereocenters. The third-order valence-corrected chi connectivity index (χ3v) is 3.51. The molecule has 1 heterocycles. The molecule has 96 valence electrons. The molecule has 0 aromatic heterocycles. The van der Waals surface area contributed by atoms with Crippen LogP contribution in [0.1, 0.15) is 32.6 Å². The van der Waals surface area contributed by atoms with Crippen LogP contribution in [0.5, 0.6) is 0 Å². The van der Waals surface area contributed by atoms with Crippen LogP contribution >= 0.6 is 0 Å². The standard InChI is InChI=1S/C13H28N2O/c1-3-4-13(9-14)11-15(2)10-12-5-7-16-8-6-12/h12-13H,3-11,14H2,1-2H3. The van der Waals surface area contributed by atoms with E-state index in [1.807, 2.05) is 0 Å². The Morgan fingerprint density at radius 3 is 2.62 bits per heavy atom. The fourth-order valence-corrected chi connectivity index (χ4v) is 2.58. The van der Waals surface area contributed by atoms with Gasteiger partial charge in [-0.15, -0.1) is 0 Å². The number of nitrogens with two attached hydrogens (primary N) is 1. The summed E-state index contributed by atoms with van der Waals surface area (Å²) in [6, 6.07) is 0. The molecule has 0 aromatic carbocycles. The van der Waals surface area contributed by atoms with Gasteiger partial charge in [-0.2, -0.15) is 0 Å². The Bertz CT molecular complexity index is 163. The molecule has 3 heteroatoms. The van der Waals surface area contributed by atoms with Gasteiger partial charge in [0.1, 0.15) is 0 Å². The molecule has 1 aliphatic rings. The van der Waals surface area contributed by atoms with E-state index in [0.717, 1.165) is 32.2 Å². The first-order valence-corrected chi connectivity index (χ1v) is 6.72. The van der Waals surface area contributed by atoms with Crippen LogP contribution < -0.4 is 5.73 Å². The van der Waals surface area contributed by atoms with Crippen molar-refractivity contribution in [2.75, 3.05) is 39.9 Å². The van der Waals surface area contributed by atoms with E-state index in [4.69, 9.17) is 10.5 Å². The molecule has 0 radical (unpaired) electrons. The molecule has 1 aliphatic heterocycles. The molecular formula is C13H28N2O. The maximum Gasteiger partial charge on any atom is 0.0469 e. The predicted molar refractivity (Wildman–Crippen MR) is 68.5 cm³/mol. The fourth-order valence-electron chi connectivity index (χ4n) is 2.58. The van der Waals surface area contributed by atoms with E-state index < -0.39 is 0 Å². The van der Waals surface area contributed by atoms with Crippen molar-refractivity contribution in [1.82, 2.24) is 4.90 Å². The van der Waals surface area contributed by atoms with Crippen molar-refractivity contribution >= 4 is 0 Å². The summed E-state index contributed by atoms with van der Waals surface area (Å²) in [5.74, 6) is 1.51. The fraction of sp³-hybridized carbons (Fsp3) is 1.00. The van der Waals surface area contributed by atoms with E-state index in [9.17, 15) is 0 Å². The first-order valence-electron chi connectivity index (χ1n) is 6.72. The number of hydrogen-bond donors (Lipinski definition) is 1. The van der Waals surface area contributed by atoms with E-state index in [1.165, 1.54) is 32.2 Å². The summed E-state index contributed by atoms with van der Waals surface area (Å²) in [5, 5.41) is 0. The molecule has 0 saturated carbocycles. The van der Waals surface area contributed by atoms with E-state index in [1.54, 1.807) is 0 Å². The molecule has 0 amide bonds. The van der Waals surface area contributed by atoms with Crippen LogP contribution in [0.4, 0.5) is 0 Å². The number of ether oxygens (including phenoxy) is 1. The molecule has 1 unspecified atom stereocenters.